The van der Waals surface area contributed by atoms with Crippen molar-refractivity contribution in [3.05, 3.63) is 24.3 Å². The number of hydrogen-bond acceptors (Lipinski definition) is 5. The van der Waals surface area contributed by atoms with E-state index in [-0.39, 0.29) is 18.5 Å². The molecular weight excluding hydrogens is 791 g/mol. The van der Waals surface area contributed by atoms with E-state index in [9.17, 15) is 19.8 Å². The van der Waals surface area contributed by atoms with Crippen LogP contribution in [0.25, 0.3) is 0 Å². The summed E-state index contributed by atoms with van der Waals surface area (Å²) in [4.78, 5) is 24.5. The van der Waals surface area contributed by atoms with E-state index >= 15 is 0 Å². The SMILES string of the molecule is CCCCCC/C=C\CCCCCCCC(=O)OCCCCCCCCCCC/C=C\CCCCCCCCCC(=O)NC(CO)C(O)CCCCCCCCCCCCCCCC. The molecule has 378 valence electrons. The molecule has 0 saturated heterocycles. The lowest BCUT2D eigenvalue weighted by Crippen LogP contribution is -2.45. The third-order valence-electron chi connectivity index (χ3n) is 13.2. The molecule has 0 heterocycles. The first-order valence-electron chi connectivity index (χ1n) is 28.6. The number of carbonyl (C=O) groups excluding carboxylic acids is 2. The van der Waals surface area contributed by atoms with Crippen LogP contribution in [0.5, 0.6) is 0 Å². The third kappa shape index (κ3) is 49.8. The minimum absolute atomic E-state index is 0.00298. The average molecular weight is 903 g/mol. The Bertz CT molecular complexity index is 997. The van der Waals surface area contributed by atoms with Crippen LogP contribution in [0.2, 0.25) is 0 Å². The summed E-state index contributed by atoms with van der Waals surface area (Å²) in [6, 6.07) is -0.547. The number of allylic oxidation sites excluding steroid dienone is 4. The van der Waals surface area contributed by atoms with E-state index in [0.29, 0.717) is 25.9 Å². The Labute approximate surface area is 399 Å². The molecule has 0 aromatic heterocycles. The van der Waals surface area contributed by atoms with Gasteiger partial charge in [-0.2, -0.15) is 0 Å². The Morgan fingerprint density at radius 1 is 0.422 bits per heavy atom. The van der Waals surface area contributed by atoms with Gasteiger partial charge in [0.05, 0.1) is 25.4 Å². The van der Waals surface area contributed by atoms with Crippen LogP contribution in [-0.4, -0.2) is 47.4 Å². The number of aliphatic hydroxyl groups is 2. The van der Waals surface area contributed by atoms with Crippen LogP contribution >= 0.6 is 0 Å². The van der Waals surface area contributed by atoms with E-state index in [2.05, 4.69) is 43.5 Å². The molecule has 0 aliphatic carbocycles. The average Bonchev–Trinajstić information content (AvgIpc) is 3.29. The lowest BCUT2D eigenvalue weighted by molar-refractivity contribution is -0.143. The van der Waals surface area contributed by atoms with Gasteiger partial charge in [-0.1, -0.05) is 244 Å². The standard InChI is InChI=1S/C58H111NO5/c1-3-5-7-9-11-13-15-17-27-30-34-38-42-46-50-56(61)55(54-60)59-57(62)51-47-43-39-35-31-28-24-22-20-18-19-21-23-25-29-33-37-41-45-49-53-64-58(63)52-48-44-40-36-32-26-16-14-12-10-8-6-4-2/h14,16,18,20,55-56,60-61H,3-13,15,17,19,21-54H2,1-2H3,(H,59,62)/b16-14-,20-18-. The van der Waals surface area contributed by atoms with Gasteiger partial charge in [-0.25, -0.2) is 0 Å². The zero-order valence-electron chi connectivity index (χ0n) is 43.0. The van der Waals surface area contributed by atoms with E-state index in [1.165, 1.54) is 231 Å². The molecule has 1 amide bonds. The molecule has 0 aliphatic heterocycles. The Morgan fingerprint density at radius 3 is 1.12 bits per heavy atom. The molecule has 6 nitrogen and oxygen atoms in total. The van der Waals surface area contributed by atoms with Crippen LogP contribution in [0.15, 0.2) is 24.3 Å². The van der Waals surface area contributed by atoms with Gasteiger partial charge in [-0.05, 0) is 77.0 Å². The number of amides is 1. The Hall–Kier alpha value is -1.66. The van der Waals surface area contributed by atoms with Crippen LogP contribution in [0.3, 0.4) is 0 Å². The highest BCUT2D eigenvalue weighted by Gasteiger charge is 2.20. The number of rotatable bonds is 53. The summed E-state index contributed by atoms with van der Waals surface area (Å²) in [5.74, 6) is -0.0459. The second-order valence-corrected chi connectivity index (χ2v) is 19.6. The van der Waals surface area contributed by atoms with Crippen molar-refractivity contribution in [1.29, 1.82) is 0 Å². The summed E-state index contributed by atoms with van der Waals surface area (Å²) in [5, 5.41) is 23.2. The van der Waals surface area contributed by atoms with E-state index < -0.39 is 12.1 Å². The predicted molar refractivity (Wildman–Crippen MR) is 278 cm³/mol. The normalized spacial score (nSPS) is 12.8. The molecule has 0 fully saturated rings. The molecular formula is C58H111NO5. The van der Waals surface area contributed by atoms with Gasteiger partial charge in [0, 0.05) is 12.8 Å². The largest absolute Gasteiger partial charge is 0.466 e. The second kappa shape index (κ2) is 54.0. The summed E-state index contributed by atoms with van der Waals surface area (Å²) in [7, 11) is 0. The molecule has 0 aromatic rings. The van der Waals surface area contributed by atoms with Crippen LogP contribution in [0.4, 0.5) is 0 Å². The fourth-order valence-electron chi connectivity index (χ4n) is 8.81. The Morgan fingerprint density at radius 2 is 0.734 bits per heavy atom. The molecule has 6 heteroatoms. The lowest BCUT2D eigenvalue weighted by Gasteiger charge is -2.22. The summed E-state index contributed by atoms with van der Waals surface area (Å²) < 4.78 is 5.46. The zero-order valence-corrected chi connectivity index (χ0v) is 43.0. The highest BCUT2D eigenvalue weighted by molar-refractivity contribution is 5.76. The maximum atomic E-state index is 12.5. The van der Waals surface area contributed by atoms with Crippen molar-refractivity contribution in [2.24, 2.45) is 0 Å². The minimum Gasteiger partial charge on any atom is -0.466 e. The Balaban J connectivity index is 3.43. The number of ether oxygens (including phenoxy) is 1. The quantitative estimate of drug-likeness (QED) is 0.0321. The first kappa shape index (κ1) is 62.3. The monoisotopic (exact) mass is 902 g/mol. The van der Waals surface area contributed by atoms with Crippen molar-refractivity contribution in [2.75, 3.05) is 13.2 Å². The third-order valence-corrected chi connectivity index (χ3v) is 13.2. The summed E-state index contributed by atoms with van der Waals surface area (Å²) in [5.41, 5.74) is 0. The first-order valence-corrected chi connectivity index (χ1v) is 28.6. The molecule has 0 radical (unpaired) electrons. The zero-order chi connectivity index (χ0) is 46.5. The van der Waals surface area contributed by atoms with Crippen LogP contribution in [0.1, 0.15) is 309 Å². The van der Waals surface area contributed by atoms with Crippen molar-refractivity contribution in [1.82, 2.24) is 5.32 Å². The van der Waals surface area contributed by atoms with Gasteiger partial charge < -0.3 is 20.3 Å². The first-order chi connectivity index (χ1) is 31.5. The molecule has 3 N–H and O–H groups in total. The van der Waals surface area contributed by atoms with Crippen LogP contribution in [0, 0.1) is 0 Å². The number of hydrogen-bond donors (Lipinski definition) is 3. The van der Waals surface area contributed by atoms with Crippen molar-refractivity contribution < 1.29 is 24.5 Å². The molecule has 0 spiro atoms. The number of esters is 1. The van der Waals surface area contributed by atoms with Gasteiger partial charge in [-0.3, -0.25) is 9.59 Å². The van der Waals surface area contributed by atoms with Gasteiger partial charge in [0.2, 0.25) is 5.91 Å². The highest BCUT2D eigenvalue weighted by atomic mass is 16.5. The van der Waals surface area contributed by atoms with Crippen LogP contribution in [-0.2, 0) is 14.3 Å². The number of carbonyl (C=O) groups is 2. The van der Waals surface area contributed by atoms with Gasteiger partial charge in [0.15, 0.2) is 0 Å². The molecule has 0 rings (SSSR count). The van der Waals surface area contributed by atoms with Crippen molar-refractivity contribution >= 4 is 11.9 Å². The summed E-state index contributed by atoms with van der Waals surface area (Å²) in [6.07, 6.45) is 64.5. The van der Waals surface area contributed by atoms with Gasteiger partial charge >= 0.3 is 5.97 Å². The van der Waals surface area contributed by atoms with Crippen LogP contribution < -0.4 is 5.32 Å². The molecule has 0 bridgehead atoms. The fourth-order valence-corrected chi connectivity index (χ4v) is 8.81. The second-order valence-electron chi connectivity index (χ2n) is 19.6. The molecule has 0 saturated carbocycles. The summed E-state index contributed by atoms with van der Waals surface area (Å²) >= 11 is 0. The van der Waals surface area contributed by atoms with Crippen molar-refractivity contribution in [2.45, 2.75) is 321 Å². The minimum atomic E-state index is -0.669. The van der Waals surface area contributed by atoms with Gasteiger partial charge in [0.25, 0.3) is 0 Å². The molecule has 0 aliphatic rings. The van der Waals surface area contributed by atoms with E-state index in [1.807, 2.05) is 0 Å². The topological polar surface area (TPSA) is 95.9 Å². The molecule has 0 aromatic carbocycles. The maximum absolute atomic E-state index is 12.5. The van der Waals surface area contributed by atoms with Crippen molar-refractivity contribution in [3.63, 3.8) is 0 Å². The lowest BCUT2D eigenvalue weighted by atomic mass is 10.0. The van der Waals surface area contributed by atoms with E-state index in [4.69, 9.17) is 4.74 Å². The summed E-state index contributed by atoms with van der Waals surface area (Å²) in [6.45, 7) is 4.93. The van der Waals surface area contributed by atoms with E-state index in [0.717, 1.165) is 44.9 Å². The van der Waals surface area contributed by atoms with Gasteiger partial charge in [0.1, 0.15) is 0 Å². The molecule has 2 unspecified atom stereocenters. The molecule has 64 heavy (non-hydrogen) atoms. The number of aliphatic hydroxyl groups excluding tert-OH is 2. The molecule has 2 atom stereocenters. The van der Waals surface area contributed by atoms with Gasteiger partial charge in [-0.15, -0.1) is 0 Å². The number of nitrogens with one attached hydrogen (secondary N) is 1. The smallest absolute Gasteiger partial charge is 0.305 e. The number of unbranched alkanes of at least 4 members (excludes halogenated alkanes) is 38. The maximum Gasteiger partial charge on any atom is 0.305 e. The van der Waals surface area contributed by atoms with Crippen molar-refractivity contribution in [3.8, 4) is 0 Å². The highest BCUT2D eigenvalue weighted by Crippen LogP contribution is 2.17. The Kier molecular flexibility index (Phi) is 52.6. The van der Waals surface area contributed by atoms with E-state index in [1.54, 1.807) is 0 Å². The predicted octanol–water partition coefficient (Wildman–Crippen LogP) is 17.5. The fraction of sp³-hybridized carbons (Fsp3) is 0.897.